The summed E-state index contributed by atoms with van der Waals surface area (Å²) < 4.78 is 7.41. The average Bonchev–Trinajstić information content (AvgIpc) is 2.82. The molecule has 0 fully saturated rings. The zero-order valence-electron chi connectivity index (χ0n) is 10.8. The van der Waals surface area contributed by atoms with Gasteiger partial charge in [0.1, 0.15) is 12.4 Å². The van der Waals surface area contributed by atoms with E-state index in [4.69, 9.17) is 10.5 Å². The molecule has 0 unspecified atom stereocenters. The van der Waals surface area contributed by atoms with Gasteiger partial charge in [-0.15, -0.1) is 5.10 Å². The Labute approximate surface area is 107 Å². The fraction of sp³-hybridized carbons (Fsp3) is 0.385. The number of ether oxygens (including phenoxy) is 1. The molecular formula is C13H18N4O. The van der Waals surface area contributed by atoms with Gasteiger partial charge in [-0.05, 0) is 37.1 Å². The lowest BCUT2D eigenvalue weighted by Gasteiger charge is -2.08. The van der Waals surface area contributed by atoms with Crippen LogP contribution in [-0.2, 0) is 13.1 Å². The average molecular weight is 246 g/mol. The SMILES string of the molecule is Cc1ccc(OCCn2cc(CN)nn2)cc1C. The molecule has 0 saturated carbocycles. The van der Waals surface area contributed by atoms with Gasteiger partial charge < -0.3 is 10.5 Å². The summed E-state index contributed by atoms with van der Waals surface area (Å²) in [5, 5.41) is 7.87. The number of hydrogen-bond acceptors (Lipinski definition) is 4. The summed E-state index contributed by atoms with van der Waals surface area (Å²) in [5.74, 6) is 0.886. The van der Waals surface area contributed by atoms with Gasteiger partial charge in [0, 0.05) is 12.7 Å². The monoisotopic (exact) mass is 246 g/mol. The highest BCUT2D eigenvalue weighted by molar-refractivity contribution is 5.33. The van der Waals surface area contributed by atoms with Crippen molar-refractivity contribution in [2.24, 2.45) is 5.73 Å². The first-order valence-corrected chi connectivity index (χ1v) is 5.98. The van der Waals surface area contributed by atoms with Crippen molar-refractivity contribution in [2.75, 3.05) is 6.61 Å². The predicted octanol–water partition coefficient (Wildman–Crippen LogP) is 1.43. The summed E-state index contributed by atoms with van der Waals surface area (Å²) in [6, 6.07) is 6.09. The van der Waals surface area contributed by atoms with Crippen LogP contribution >= 0.6 is 0 Å². The van der Waals surface area contributed by atoms with Gasteiger partial charge in [-0.1, -0.05) is 11.3 Å². The molecule has 1 aromatic carbocycles. The highest BCUT2D eigenvalue weighted by Gasteiger charge is 2.00. The maximum atomic E-state index is 5.67. The first-order valence-electron chi connectivity index (χ1n) is 5.98. The molecule has 0 amide bonds. The molecule has 2 N–H and O–H groups in total. The zero-order chi connectivity index (χ0) is 13.0. The highest BCUT2D eigenvalue weighted by Crippen LogP contribution is 2.16. The number of rotatable bonds is 5. The van der Waals surface area contributed by atoms with Crippen LogP contribution in [0, 0.1) is 13.8 Å². The summed E-state index contributed by atoms with van der Waals surface area (Å²) in [7, 11) is 0. The lowest BCUT2D eigenvalue weighted by Crippen LogP contribution is -2.09. The Balaban J connectivity index is 1.86. The van der Waals surface area contributed by atoms with E-state index < -0.39 is 0 Å². The number of aryl methyl sites for hydroxylation is 2. The minimum atomic E-state index is 0.415. The van der Waals surface area contributed by atoms with E-state index in [2.05, 4.69) is 30.2 Å². The second-order valence-corrected chi connectivity index (χ2v) is 4.27. The summed E-state index contributed by atoms with van der Waals surface area (Å²) in [6.45, 7) is 5.81. The molecule has 0 saturated heterocycles. The zero-order valence-corrected chi connectivity index (χ0v) is 10.8. The van der Waals surface area contributed by atoms with Gasteiger partial charge in [0.15, 0.2) is 0 Å². The van der Waals surface area contributed by atoms with Gasteiger partial charge in [-0.25, -0.2) is 4.68 Å². The van der Waals surface area contributed by atoms with Crippen LogP contribution < -0.4 is 10.5 Å². The molecule has 0 atom stereocenters. The molecule has 2 aromatic rings. The molecule has 1 heterocycles. The van der Waals surface area contributed by atoms with E-state index >= 15 is 0 Å². The fourth-order valence-corrected chi connectivity index (χ4v) is 1.60. The first-order chi connectivity index (χ1) is 8.69. The Hall–Kier alpha value is -1.88. The molecule has 0 aliphatic heterocycles. The lowest BCUT2D eigenvalue weighted by molar-refractivity contribution is 0.289. The third-order valence-corrected chi connectivity index (χ3v) is 2.86. The van der Waals surface area contributed by atoms with Crippen LogP contribution in [0.1, 0.15) is 16.8 Å². The van der Waals surface area contributed by atoms with Crippen molar-refractivity contribution in [3.8, 4) is 5.75 Å². The largest absolute Gasteiger partial charge is 0.492 e. The van der Waals surface area contributed by atoms with Crippen molar-refractivity contribution in [1.29, 1.82) is 0 Å². The number of nitrogens with two attached hydrogens (primary N) is 1. The molecule has 0 spiro atoms. The third-order valence-electron chi connectivity index (χ3n) is 2.86. The second-order valence-electron chi connectivity index (χ2n) is 4.27. The minimum absolute atomic E-state index is 0.415. The van der Waals surface area contributed by atoms with Crippen LogP contribution in [0.2, 0.25) is 0 Å². The van der Waals surface area contributed by atoms with Gasteiger partial charge in [0.25, 0.3) is 0 Å². The fourth-order valence-electron chi connectivity index (χ4n) is 1.60. The number of nitrogens with zero attached hydrogens (tertiary/aromatic N) is 3. The van der Waals surface area contributed by atoms with E-state index in [0.29, 0.717) is 19.7 Å². The van der Waals surface area contributed by atoms with Gasteiger partial charge >= 0.3 is 0 Å². The summed E-state index contributed by atoms with van der Waals surface area (Å²) in [5.41, 5.74) is 8.76. The molecule has 0 radical (unpaired) electrons. The Bertz CT molecular complexity index is 521. The quantitative estimate of drug-likeness (QED) is 0.866. The van der Waals surface area contributed by atoms with Crippen molar-refractivity contribution < 1.29 is 4.74 Å². The molecule has 1 aromatic heterocycles. The molecule has 96 valence electrons. The molecule has 18 heavy (non-hydrogen) atoms. The Kier molecular flexibility index (Phi) is 3.94. The van der Waals surface area contributed by atoms with E-state index in [1.54, 1.807) is 4.68 Å². The van der Waals surface area contributed by atoms with Crippen molar-refractivity contribution in [1.82, 2.24) is 15.0 Å². The maximum absolute atomic E-state index is 5.67. The first kappa shape index (κ1) is 12.6. The van der Waals surface area contributed by atoms with Crippen LogP contribution in [0.15, 0.2) is 24.4 Å². The lowest BCUT2D eigenvalue weighted by atomic mass is 10.1. The molecular weight excluding hydrogens is 228 g/mol. The van der Waals surface area contributed by atoms with Gasteiger partial charge in [-0.3, -0.25) is 0 Å². The van der Waals surface area contributed by atoms with Crippen LogP contribution in [0.25, 0.3) is 0 Å². The second kappa shape index (κ2) is 5.64. The van der Waals surface area contributed by atoms with Crippen molar-refractivity contribution in [3.05, 3.63) is 41.2 Å². The summed E-state index contributed by atoms with van der Waals surface area (Å²) in [6.07, 6.45) is 1.84. The molecule has 0 aliphatic rings. The predicted molar refractivity (Wildman–Crippen MR) is 69.3 cm³/mol. The maximum Gasteiger partial charge on any atom is 0.119 e. The topological polar surface area (TPSA) is 66.0 Å². The minimum Gasteiger partial charge on any atom is -0.492 e. The summed E-state index contributed by atoms with van der Waals surface area (Å²) in [4.78, 5) is 0. The third kappa shape index (κ3) is 3.07. The van der Waals surface area contributed by atoms with E-state index in [1.165, 1.54) is 11.1 Å². The van der Waals surface area contributed by atoms with Crippen LogP contribution in [0.3, 0.4) is 0 Å². The van der Waals surface area contributed by atoms with Crippen molar-refractivity contribution in [2.45, 2.75) is 26.9 Å². The Morgan fingerprint density at radius 2 is 2.11 bits per heavy atom. The van der Waals surface area contributed by atoms with Gasteiger partial charge in [0.2, 0.25) is 0 Å². The van der Waals surface area contributed by atoms with E-state index in [1.807, 2.05) is 18.3 Å². The van der Waals surface area contributed by atoms with E-state index in [-0.39, 0.29) is 0 Å². The molecule has 5 heteroatoms. The van der Waals surface area contributed by atoms with Crippen molar-refractivity contribution >= 4 is 0 Å². The number of aromatic nitrogens is 3. The standard InChI is InChI=1S/C13H18N4O/c1-10-3-4-13(7-11(10)2)18-6-5-17-9-12(8-14)15-16-17/h3-4,7,9H,5-6,8,14H2,1-2H3. The van der Waals surface area contributed by atoms with Crippen LogP contribution in [0.5, 0.6) is 5.75 Å². The van der Waals surface area contributed by atoms with Crippen LogP contribution in [-0.4, -0.2) is 21.6 Å². The molecule has 0 bridgehead atoms. The number of benzene rings is 1. The van der Waals surface area contributed by atoms with Crippen LogP contribution in [0.4, 0.5) is 0 Å². The molecule has 2 rings (SSSR count). The van der Waals surface area contributed by atoms with Crippen molar-refractivity contribution in [3.63, 3.8) is 0 Å². The molecule has 5 nitrogen and oxygen atoms in total. The Morgan fingerprint density at radius 1 is 1.28 bits per heavy atom. The Morgan fingerprint density at radius 3 is 2.78 bits per heavy atom. The normalized spacial score (nSPS) is 10.6. The summed E-state index contributed by atoms with van der Waals surface area (Å²) >= 11 is 0. The van der Waals surface area contributed by atoms with Gasteiger partial charge in [-0.2, -0.15) is 0 Å². The highest BCUT2D eigenvalue weighted by atomic mass is 16.5. The number of hydrogen-bond donors (Lipinski definition) is 1. The van der Waals surface area contributed by atoms with E-state index in [9.17, 15) is 0 Å². The van der Waals surface area contributed by atoms with Gasteiger partial charge in [0.05, 0.1) is 12.2 Å². The van der Waals surface area contributed by atoms with E-state index in [0.717, 1.165) is 11.4 Å². The molecule has 0 aliphatic carbocycles. The smallest absolute Gasteiger partial charge is 0.119 e.